The van der Waals surface area contributed by atoms with Gasteiger partial charge in [0.2, 0.25) is 0 Å². The summed E-state index contributed by atoms with van der Waals surface area (Å²) in [7, 11) is 3.45. The molecule has 3 atom stereocenters. The predicted octanol–water partition coefficient (Wildman–Crippen LogP) is 2.28. The van der Waals surface area contributed by atoms with Gasteiger partial charge < -0.3 is 18.9 Å². The van der Waals surface area contributed by atoms with Gasteiger partial charge in [-0.2, -0.15) is 0 Å². The van der Waals surface area contributed by atoms with Crippen molar-refractivity contribution in [3.63, 3.8) is 0 Å². The van der Waals surface area contributed by atoms with Crippen molar-refractivity contribution >= 4 is 5.91 Å². The lowest BCUT2D eigenvalue weighted by Gasteiger charge is -2.43. The van der Waals surface area contributed by atoms with E-state index in [0.29, 0.717) is 18.7 Å². The number of aryl methyl sites for hydroxylation is 2. The molecular formula is C20H30N2O4. The molecule has 1 aliphatic heterocycles. The molecule has 3 rings (SSSR count). The molecule has 0 radical (unpaired) electrons. The molecule has 26 heavy (non-hydrogen) atoms. The van der Waals surface area contributed by atoms with Crippen molar-refractivity contribution in [3.8, 4) is 0 Å². The van der Waals surface area contributed by atoms with Crippen LogP contribution in [0.1, 0.15) is 54.2 Å². The number of methoxy groups -OCH3 is 2. The zero-order chi connectivity index (χ0) is 19.1. The summed E-state index contributed by atoms with van der Waals surface area (Å²) in [4.78, 5) is 28.2. The first-order valence-corrected chi connectivity index (χ1v) is 9.48. The molecule has 1 saturated heterocycles. The van der Waals surface area contributed by atoms with E-state index in [1.54, 1.807) is 18.8 Å². The van der Waals surface area contributed by atoms with Crippen molar-refractivity contribution in [2.75, 3.05) is 20.8 Å². The van der Waals surface area contributed by atoms with Crippen molar-refractivity contribution < 1.29 is 14.3 Å². The third-order valence-corrected chi connectivity index (χ3v) is 6.37. The van der Waals surface area contributed by atoms with Crippen molar-refractivity contribution in [1.82, 2.24) is 9.47 Å². The Labute approximate surface area is 155 Å². The molecule has 1 aliphatic carbocycles. The quantitative estimate of drug-likeness (QED) is 0.824. The highest BCUT2D eigenvalue weighted by atomic mass is 16.5. The van der Waals surface area contributed by atoms with Crippen LogP contribution >= 0.6 is 0 Å². The predicted molar refractivity (Wildman–Crippen MR) is 99.7 cm³/mol. The largest absolute Gasteiger partial charge is 0.381 e. The second-order valence-corrected chi connectivity index (χ2v) is 7.56. The number of likely N-dealkylation sites (tertiary alicyclic amines) is 1. The highest BCUT2D eigenvalue weighted by molar-refractivity contribution is 5.96. The van der Waals surface area contributed by atoms with E-state index in [1.165, 1.54) is 0 Å². The van der Waals surface area contributed by atoms with Gasteiger partial charge in [-0.15, -0.1) is 0 Å². The number of ether oxygens (including phenoxy) is 2. The molecule has 2 aliphatic rings. The molecule has 1 aromatic heterocycles. The summed E-state index contributed by atoms with van der Waals surface area (Å²) in [5.41, 5.74) is 1.42. The molecule has 1 amide bonds. The van der Waals surface area contributed by atoms with E-state index in [-0.39, 0.29) is 29.2 Å². The smallest absolute Gasteiger partial charge is 0.263 e. The number of fused-ring (bicyclic) bond motifs is 1. The van der Waals surface area contributed by atoms with Crippen LogP contribution in [0.4, 0.5) is 0 Å². The topological polar surface area (TPSA) is 60.8 Å². The Kier molecular flexibility index (Phi) is 5.26. The number of pyridine rings is 1. The van der Waals surface area contributed by atoms with Gasteiger partial charge in [-0.05, 0) is 58.1 Å². The molecule has 0 bridgehead atoms. The van der Waals surface area contributed by atoms with Gasteiger partial charge in [0.15, 0.2) is 0 Å². The molecule has 2 heterocycles. The number of hydrogen-bond acceptors (Lipinski definition) is 4. The van der Waals surface area contributed by atoms with E-state index < -0.39 is 0 Å². The highest BCUT2D eigenvalue weighted by Gasteiger charge is 2.53. The Morgan fingerprint density at radius 2 is 2.04 bits per heavy atom. The van der Waals surface area contributed by atoms with Gasteiger partial charge in [0, 0.05) is 33.0 Å². The molecule has 144 valence electrons. The van der Waals surface area contributed by atoms with Gasteiger partial charge in [0.05, 0.1) is 17.7 Å². The SMILES string of the molecule is CCn1c(C)cc(C)c(C(=O)N2CC[C@]3(OC)CC[C@@H](OC)C[C@H]23)c1=O. The average Bonchev–Trinajstić information content (AvgIpc) is 3.00. The summed E-state index contributed by atoms with van der Waals surface area (Å²) in [5.74, 6) is -0.171. The molecule has 1 aromatic rings. The van der Waals surface area contributed by atoms with Gasteiger partial charge >= 0.3 is 0 Å². The van der Waals surface area contributed by atoms with Crippen LogP contribution < -0.4 is 5.56 Å². The van der Waals surface area contributed by atoms with E-state index in [4.69, 9.17) is 9.47 Å². The normalized spacial score (nSPS) is 28.3. The molecule has 0 spiro atoms. The number of aromatic nitrogens is 1. The maximum absolute atomic E-state index is 13.4. The summed E-state index contributed by atoms with van der Waals surface area (Å²) in [6.45, 7) is 6.85. The number of hydrogen-bond donors (Lipinski definition) is 0. The second-order valence-electron chi connectivity index (χ2n) is 7.56. The van der Waals surface area contributed by atoms with Crippen molar-refractivity contribution in [3.05, 3.63) is 33.2 Å². The average molecular weight is 362 g/mol. The van der Waals surface area contributed by atoms with E-state index in [0.717, 1.165) is 36.9 Å². The Bertz CT molecular complexity index is 757. The Morgan fingerprint density at radius 1 is 1.31 bits per heavy atom. The van der Waals surface area contributed by atoms with Crippen LogP contribution in [0.3, 0.4) is 0 Å². The molecule has 1 saturated carbocycles. The van der Waals surface area contributed by atoms with Crippen LogP contribution in [-0.4, -0.2) is 53.9 Å². The lowest BCUT2D eigenvalue weighted by Crippen LogP contribution is -2.53. The fraction of sp³-hybridized carbons (Fsp3) is 0.700. The summed E-state index contributed by atoms with van der Waals surface area (Å²) < 4.78 is 13.1. The summed E-state index contributed by atoms with van der Waals surface area (Å²) in [6.07, 6.45) is 3.51. The Hall–Kier alpha value is -1.66. The van der Waals surface area contributed by atoms with Crippen LogP contribution in [-0.2, 0) is 16.0 Å². The molecule has 0 N–H and O–H groups in total. The molecule has 2 fully saturated rings. The monoisotopic (exact) mass is 362 g/mol. The molecule has 6 heteroatoms. The van der Waals surface area contributed by atoms with Crippen LogP contribution in [0.2, 0.25) is 0 Å². The lowest BCUT2D eigenvalue weighted by molar-refractivity contribution is -0.0893. The van der Waals surface area contributed by atoms with E-state index >= 15 is 0 Å². The minimum Gasteiger partial charge on any atom is -0.381 e. The first-order valence-electron chi connectivity index (χ1n) is 9.48. The van der Waals surface area contributed by atoms with Crippen molar-refractivity contribution in [2.45, 2.75) is 70.7 Å². The zero-order valence-electron chi connectivity index (χ0n) is 16.5. The standard InChI is InChI=1S/C20H30N2O4/c1-6-21-14(3)11-13(2)17(18(21)23)19(24)22-10-9-20(26-5)8-7-15(25-4)12-16(20)22/h11,15-16H,6-10,12H2,1-5H3/t15-,16+,20-/m1/s1. The lowest BCUT2D eigenvalue weighted by atomic mass is 9.79. The molecule has 0 aromatic carbocycles. The number of nitrogens with zero attached hydrogens (tertiary/aromatic N) is 2. The van der Waals surface area contributed by atoms with Gasteiger partial charge in [-0.25, -0.2) is 0 Å². The van der Waals surface area contributed by atoms with Gasteiger partial charge in [-0.3, -0.25) is 9.59 Å². The maximum atomic E-state index is 13.4. The number of amides is 1. The first kappa shape index (κ1) is 19.1. The zero-order valence-corrected chi connectivity index (χ0v) is 16.5. The van der Waals surface area contributed by atoms with E-state index in [1.807, 2.05) is 31.7 Å². The fourth-order valence-electron chi connectivity index (χ4n) is 4.84. The number of carbonyl (C=O) groups is 1. The molecule has 0 unspecified atom stereocenters. The van der Waals surface area contributed by atoms with Crippen LogP contribution in [0.15, 0.2) is 10.9 Å². The first-order chi connectivity index (χ1) is 12.4. The summed E-state index contributed by atoms with van der Waals surface area (Å²) in [5, 5.41) is 0. The minimum absolute atomic E-state index is 0.0473. The van der Waals surface area contributed by atoms with Crippen LogP contribution in [0, 0.1) is 13.8 Å². The van der Waals surface area contributed by atoms with E-state index in [2.05, 4.69) is 0 Å². The van der Waals surface area contributed by atoms with Crippen LogP contribution in [0.25, 0.3) is 0 Å². The number of rotatable bonds is 4. The molecule has 6 nitrogen and oxygen atoms in total. The summed E-state index contributed by atoms with van der Waals surface area (Å²) in [6, 6.07) is 1.88. The summed E-state index contributed by atoms with van der Waals surface area (Å²) >= 11 is 0. The van der Waals surface area contributed by atoms with Gasteiger partial charge in [-0.1, -0.05) is 0 Å². The third-order valence-electron chi connectivity index (χ3n) is 6.37. The van der Waals surface area contributed by atoms with E-state index in [9.17, 15) is 9.59 Å². The Morgan fingerprint density at radius 3 is 2.65 bits per heavy atom. The van der Waals surface area contributed by atoms with Crippen molar-refractivity contribution in [2.24, 2.45) is 0 Å². The number of carbonyl (C=O) groups excluding carboxylic acids is 1. The fourth-order valence-corrected chi connectivity index (χ4v) is 4.84. The second kappa shape index (κ2) is 7.16. The third kappa shape index (κ3) is 2.89. The molecular weight excluding hydrogens is 332 g/mol. The van der Waals surface area contributed by atoms with Crippen LogP contribution in [0.5, 0.6) is 0 Å². The van der Waals surface area contributed by atoms with Gasteiger partial charge in [0.1, 0.15) is 5.56 Å². The Balaban J connectivity index is 1.99. The minimum atomic E-state index is -0.312. The maximum Gasteiger partial charge on any atom is 0.263 e. The van der Waals surface area contributed by atoms with Crippen molar-refractivity contribution in [1.29, 1.82) is 0 Å². The highest BCUT2D eigenvalue weighted by Crippen LogP contribution is 2.43. The van der Waals surface area contributed by atoms with Gasteiger partial charge in [0.25, 0.3) is 11.5 Å².